The largest absolute Gasteiger partial charge is 0.434 e. The Labute approximate surface area is 58.0 Å². The number of nitrogens with zero attached hydrogens (tertiary/aromatic N) is 3. The lowest BCUT2D eigenvalue weighted by Crippen LogP contribution is -3.06. The van der Waals surface area contributed by atoms with Crippen molar-refractivity contribution >= 4 is 11.6 Å². The average molecular weight is 137 g/mol. The summed E-state index contributed by atoms with van der Waals surface area (Å²) >= 11 is 0. The number of quaternary nitrogens is 1. The Morgan fingerprint density at radius 1 is 1.50 bits per heavy atom. The van der Waals surface area contributed by atoms with Crippen molar-refractivity contribution in [2.45, 2.75) is 0 Å². The number of nitrogens with one attached hydrogen (secondary N) is 2. The van der Waals surface area contributed by atoms with Gasteiger partial charge in [-0.3, -0.25) is 0 Å². The molecule has 0 spiro atoms. The van der Waals surface area contributed by atoms with Gasteiger partial charge in [0.25, 0.3) is 0 Å². The van der Waals surface area contributed by atoms with Crippen LogP contribution in [0.4, 0.5) is 11.6 Å². The highest BCUT2D eigenvalue weighted by atomic mass is 15.8. The Morgan fingerprint density at radius 3 is 3.10 bits per heavy atom. The predicted octanol–water partition coefficient (Wildman–Crippen LogP) is -0.748. The molecule has 1 aliphatic rings. The summed E-state index contributed by atoms with van der Waals surface area (Å²) < 4.78 is 0. The Hall–Kier alpha value is -1.36. The molecule has 5 nitrogen and oxygen atoms in total. The molecule has 1 unspecified atom stereocenters. The van der Waals surface area contributed by atoms with Crippen LogP contribution in [-0.4, -0.2) is 17.0 Å². The van der Waals surface area contributed by atoms with E-state index in [1.54, 1.807) is 12.4 Å². The molecule has 10 heavy (non-hydrogen) atoms. The first-order valence-electron chi connectivity index (χ1n) is 2.99. The summed E-state index contributed by atoms with van der Waals surface area (Å²) in [6, 6.07) is 0. The van der Waals surface area contributed by atoms with E-state index in [0.29, 0.717) is 5.82 Å². The molecule has 52 valence electrons. The van der Waals surface area contributed by atoms with E-state index in [4.69, 9.17) is 0 Å². The van der Waals surface area contributed by atoms with Crippen molar-refractivity contribution < 1.29 is 5.12 Å². The van der Waals surface area contributed by atoms with Crippen LogP contribution in [0, 0.1) is 0 Å². The molecule has 5 heteroatoms. The van der Waals surface area contributed by atoms with Gasteiger partial charge >= 0.3 is 0 Å². The summed E-state index contributed by atoms with van der Waals surface area (Å²) in [7, 11) is 1.88. The van der Waals surface area contributed by atoms with Crippen molar-refractivity contribution in [1.29, 1.82) is 0 Å². The first kappa shape index (κ1) is 5.43. The predicted molar refractivity (Wildman–Crippen MR) is 35.6 cm³/mol. The Balaban J connectivity index is 2.42. The first-order valence-corrected chi connectivity index (χ1v) is 2.99. The summed E-state index contributed by atoms with van der Waals surface area (Å²) in [5.41, 5.74) is 7.06. The minimum Gasteiger partial charge on any atom is -0.434 e. The van der Waals surface area contributed by atoms with Gasteiger partial charge in [0.15, 0.2) is 5.82 Å². The lowest BCUT2D eigenvalue weighted by Gasteiger charge is -2.06. The molecular weight excluding hydrogens is 130 g/mol. The third-order valence-electron chi connectivity index (χ3n) is 1.25. The second kappa shape index (κ2) is 1.81. The normalized spacial score (nSPS) is 21.1. The van der Waals surface area contributed by atoms with E-state index in [0.717, 1.165) is 10.9 Å². The molecule has 1 aliphatic heterocycles. The molecule has 0 amide bonds. The third-order valence-corrected chi connectivity index (χ3v) is 1.25. The zero-order chi connectivity index (χ0) is 6.97. The number of aromatic nitrogens is 2. The Kier molecular flexibility index (Phi) is 0.983. The van der Waals surface area contributed by atoms with Gasteiger partial charge in [-0.05, 0) is 0 Å². The molecular formula is C5H7N5. The summed E-state index contributed by atoms with van der Waals surface area (Å²) in [5.74, 6) is 1.43. The average Bonchev–Trinajstić information content (AvgIpc) is 2.27. The third kappa shape index (κ3) is 0.679. The van der Waals surface area contributed by atoms with Gasteiger partial charge in [0.05, 0.1) is 7.05 Å². The highest BCUT2D eigenvalue weighted by molar-refractivity contribution is 5.61. The van der Waals surface area contributed by atoms with Crippen molar-refractivity contribution in [2.24, 2.45) is 0 Å². The van der Waals surface area contributed by atoms with Crippen LogP contribution in [0.1, 0.15) is 0 Å². The number of anilines is 1. The SMILES string of the molecule is C[NH+]1[N-]c2nccnc2N1. The molecule has 0 radical (unpaired) electrons. The van der Waals surface area contributed by atoms with Crippen LogP contribution in [0.5, 0.6) is 0 Å². The van der Waals surface area contributed by atoms with Gasteiger partial charge in [-0.2, -0.15) is 5.12 Å². The summed E-state index contributed by atoms with van der Waals surface area (Å²) in [4.78, 5) is 8.02. The van der Waals surface area contributed by atoms with E-state index < -0.39 is 0 Å². The molecule has 2 N–H and O–H groups in total. The van der Waals surface area contributed by atoms with E-state index in [9.17, 15) is 0 Å². The van der Waals surface area contributed by atoms with Crippen molar-refractivity contribution in [1.82, 2.24) is 9.97 Å². The Morgan fingerprint density at radius 2 is 2.30 bits per heavy atom. The standard InChI is InChI=1S/C5H7N5/c1-10-8-4-5(9-10)7-3-2-6-4/h2-3,10H,1H3,(H-,6,7,8,9). The highest BCUT2D eigenvalue weighted by Crippen LogP contribution is 2.21. The quantitative estimate of drug-likeness (QED) is 0.494. The van der Waals surface area contributed by atoms with Crippen LogP contribution >= 0.6 is 0 Å². The van der Waals surface area contributed by atoms with E-state index in [-0.39, 0.29) is 0 Å². The van der Waals surface area contributed by atoms with Gasteiger partial charge in [0.1, 0.15) is 0 Å². The monoisotopic (exact) mass is 137 g/mol. The fourth-order valence-electron chi connectivity index (χ4n) is 0.859. The van der Waals surface area contributed by atoms with Crippen LogP contribution < -0.4 is 10.5 Å². The summed E-state index contributed by atoms with van der Waals surface area (Å²) in [6.07, 6.45) is 3.27. The molecule has 0 aromatic carbocycles. The van der Waals surface area contributed by atoms with Crippen molar-refractivity contribution in [3.05, 3.63) is 17.8 Å². The first-order chi connectivity index (χ1) is 4.86. The molecule has 1 aromatic heterocycles. The lowest BCUT2D eigenvalue weighted by molar-refractivity contribution is -0.807. The summed E-state index contributed by atoms with van der Waals surface area (Å²) in [5, 5.41) is 0.848. The molecule has 0 fully saturated rings. The van der Waals surface area contributed by atoms with Gasteiger partial charge in [-0.1, -0.05) is 6.20 Å². The molecule has 0 saturated heterocycles. The van der Waals surface area contributed by atoms with E-state index in [1.807, 2.05) is 7.05 Å². The lowest BCUT2D eigenvalue weighted by atomic mass is 10.6. The van der Waals surface area contributed by atoms with Crippen molar-refractivity contribution in [3.63, 3.8) is 0 Å². The van der Waals surface area contributed by atoms with Gasteiger partial charge in [-0.25, -0.2) is 15.8 Å². The van der Waals surface area contributed by atoms with E-state index in [1.165, 1.54) is 0 Å². The van der Waals surface area contributed by atoms with Crippen LogP contribution in [0.15, 0.2) is 12.4 Å². The number of rotatable bonds is 0. The number of hydrogen-bond acceptors (Lipinski definition) is 3. The van der Waals surface area contributed by atoms with E-state index in [2.05, 4.69) is 20.8 Å². The van der Waals surface area contributed by atoms with Gasteiger partial charge in [0, 0.05) is 12.0 Å². The van der Waals surface area contributed by atoms with Crippen LogP contribution in [0.2, 0.25) is 0 Å². The maximum Gasteiger partial charge on any atom is 0.178 e. The zero-order valence-corrected chi connectivity index (χ0v) is 5.50. The van der Waals surface area contributed by atoms with Crippen LogP contribution in [0.3, 0.4) is 0 Å². The number of hydrogen-bond donors (Lipinski definition) is 2. The van der Waals surface area contributed by atoms with Gasteiger partial charge in [-0.15, -0.1) is 0 Å². The van der Waals surface area contributed by atoms with Crippen LogP contribution in [0.25, 0.3) is 5.43 Å². The minimum absolute atomic E-state index is 0.681. The smallest absolute Gasteiger partial charge is 0.178 e. The fraction of sp³-hybridized carbons (Fsp3) is 0.200. The maximum atomic E-state index is 4.08. The molecule has 1 atom stereocenters. The topological polar surface area (TPSA) is 56.4 Å². The highest BCUT2D eigenvalue weighted by Gasteiger charge is 2.11. The molecule has 0 bridgehead atoms. The molecule has 1 aromatic rings. The molecule has 2 heterocycles. The maximum absolute atomic E-state index is 4.08. The second-order valence-corrected chi connectivity index (χ2v) is 2.05. The van der Waals surface area contributed by atoms with E-state index >= 15 is 0 Å². The molecule has 0 saturated carbocycles. The van der Waals surface area contributed by atoms with Gasteiger partial charge < -0.3 is 4.98 Å². The summed E-state index contributed by atoms with van der Waals surface area (Å²) in [6.45, 7) is 0. The van der Waals surface area contributed by atoms with Crippen molar-refractivity contribution in [3.8, 4) is 0 Å². The van der Waals surface area contributed by atoms with Crippen LogP contribution in [-0.2, 0) is 0 Å². The molecule has 2 rings (SSSR count). The van der Waals surface area contributed by atoms with Crippen molar-refractivity contribution in [2.75, 3.05) is 12.5 Å². The number of fused-ring (bicyclic) bond motifs is 1. The molecule has 0 aliphatic carbocycles. The fourth-order valence-corrected chi connectivity index (χ4v) is 0.859. The minimum atomic E-state index is 0.681. The zero-order valence-electron chi connectivity index (χ0n) is 5.50. The second-order valence-electron chi connectivity index (χ2n) is 2.05. The Bertz CT molecular complexity index is 223. The van der Waals surface area contributed by atoms with Gasteiger partial charge in [0.2, 0.25) is 0 Å².